The first-order chi connectivity index (χ1) is 14.3. The summed E-state index contributed by atoms with van der Waals surface area (Å²) in [5.74, 6) is -0.248. The first-order valence-corrected chi connectivity index (χ1v) is 9.34. The second-order valence-corrected chi connectivity index (χ2v) is 6.80. The zero-order valence-corrected chi connectivity index (χ0v) is 16.6. The number of benzene rings is 3. The molecule has 0 radical (unpaired) electrons. The number of carbonyl (C=O) groups is 2. The van der Waals surface area contributed by atoms with Crippen LogP contribution in [0.3, 0.4) is 0 Å². The number of nitrogens with zero attached hydrogens (tertiary/aromatic N) is 1. The highest BCUT2D eigenvalue weighted by Gasteiger charge is 2.18. The molecule has 1 N–H and O–H groups in total. The van der Waals surface area contributed by atoms with Gasteiger partial charge in [0.05, 0.1) is 15.6 Å². The summed E-state index contributed by atoms with van der Waals surface area (Å²) in [4.78, 5) is 35.1. The predicted octanol–water partition coefficient (Wildman–Crippen LogP) is 4.89. The number of carbonyl (C=O) groups excluding carboxylic acids is 2. The minimum atomic E-state index is -0.906. The van der Waals surface area contributed by atoms with Crippen LogP contribution >= 0.6 is 11.6 Å². The Kier molecular flexibility index (Phi) is 6.44. The number of hydrogen-bond donors (Lipinski definition) is 1. The summed E-state index contributed by atoms with van der Waals surface area (Å²) in [6.07, 6.45) is -0.906. The molecule has 30 heavy (non-hydrogen) atoms. The van der Waals surface area contributed by atoms with E-state index in [1.165, 1.54) is 25.1 Å². The molecule has 0 saturated carbocycles. The van der Waals surface area contributed by atoms with Crippen LogP contribution in [0, 0.1) is 10.1 Å². The largest absolute Gasteiger partial charge is 0.481 e. The van der Waals surface area contributed by atoms with Gasteiger partial charge in [-0.3, -0.25) is 19.7 Å². The number of amides is 1. The summed E-state index contributed by atoms with van der Waals surface area (Å²) in [5.41, 5.74) is 0.999. The van der Waals surface area contributed by atoms with E-state index in [0.717, 1.165) is 0 Å². The lowest BCUT2D eigenvalue weighted by molar-refractivity contribution is -0.384. The van der Waals surface area contributed by atoms with Gasteiger partial charge in [-0.25, -0.2) is 0 Å². The molecule has 152 valence electrons. The Morgan fingerprint density at radius 3 is 2.27 bits per heavy atom. The summed E-state index contributed by atoms with van der Waals surface area (Å²) >= 11 is 6.00. The molecule has 7 nitrogen and oxygen atoms in total. The lowest BCUT2D eigenvalue weighted by atomic mass is 10.0. The number of hydrogen-bond acceptors (Lipinski definition) is 5. The van der Waals surface area contributed by atoms with E-state index in [4.69, 9.17) is 16.3 Å². The number of nitrogens with one attached hydrogen (secondary N) is 1. The molecule has 0 saturated heterocycles. The van der Waals surface area contributed by atoms with Crippen molar-refractivity contribution in [3.05, 3.63) is 99.1 Å². The van der Waals surface area contributed by atoms with E-state index in [2.05, 4.69) is 5.32 Å². The van der Waals surface area contributed by atoms with Crippen molar-refractivity contribution in [2.45, 2.75) is 13.0 Å². The lowest BCUT2D eigenvalue weighted by Gasteiger charge is -2.15. The van der Waals surface area contributed by atoms with Crippen LogP contribution in [-0.2, 0) is 4.79 Å². The molecule has 0 aliphatic heterocycles. The third-order valence-electron chi connectivity index (χ3n) is 4.25. The van der Waals surface area contributed by atoms with E-state index in [1.54, 1.807) is 48.5 Å². The quantitative estimate of drug-likeness (QED) is 0.331. The third-order valence-corrected chi connectivity index (χ3v) is 4.58. The maximum Gasteiger partial charge on any atom is 0.271 e. The maximum absolute atomic E-state index is 12.4. The molecule has 3 aromatic carbocycles. The number of non-ortho nitro benzene ring substituents is 1. The second-order valence-electron chi connectivity index (χ2n) is 6.39. The van der Waals surface area contributed by atoms with Gasteiger partial charge in [-0.2, -0.15) is 0 Å². The van der Waals surface area contributed by atoms with Gasteiger partial charge in [0.1, 0.15) is 5.75 Å². The van der Waals surface area contributed by atoms with E-state index in [9.17, 15) is 19.7 Å². The molecule has 8 heteroatoms. The SMILES string of the molecule is CC(Oc1ccc(C(=O)c2ccccc2)cc1)C(=O)Nc1cc([N+](=O)[O-])ccc1Cl. The van der Waals surface area contributed by atoms with Gasteiger partial charge in [0, 0.05) is 23.3 Å². The molecular formula is C22H17ClN2O5. The molecule has 3 rings (SSSR count). The molecule has 0 heterocycles. The molecule has 1 unspecified atom stereocenters. The highest BCUT2D eigenvalue weighted by atomic mass is 35.5. The summed E-state index contributed by atoms with van der Waals surface area (Å²) < 4.78 is 5.61. The van der Waals surface area contributed by atoms with Gasteiger partial charge in [0.25, 0.3) is 11.6 Å². The smallest absolute Gasteiger partial charge is 0.271 e. The standard InChI is InChI=1S/C22H17ClN2O5/c1-14(22(27)24-20-13-17(25(28)29)9-12-19(20)23)30-18-10-7-16(8-11-18)21(26)15-5-3-2-4-6-15/h2-14H,1H3,(H,24,27). The average Bonchev–Trinajstić information content (AvgIpc) is 2.75. The van der Waals surface area contributed by atoms with Crippen molar-refractivity contribution < 1.29 is 19.2 Å². The molecule has 0 bridgehead atoms. The summed E-state index contributed by atoms with van der Waals surface area (Å²) in [5, 5.41) is 13.6. The van der Waals surface area contributed by atoms with Crippen molar-refractivity contribution in [2.24, 2.45) is 0 Å². The Labute approximate surface area is 177 Å². The molecule has 1 amide bonds. The minimum absolute atomic E-state index is 0.117. The van der Waals surface area contributed by atoms with E-state index in [1.807, 2.05) is 6.07 Å². The minimum Gasteiger partial charge on any atom is -0.481 e. The van der Waals surface area contributed by atoms with Gasteiger partial charge in [-0.05, 0) is 37.3 Å². The average molecular weight is 425 g/mol. The van der Waals surface area contributed by atoms with Gasteiger partial charge in [-0.1, -0.05) is 41.9 Å². The second kappa shape index (κ2) is 9.19. The number of halogens is 1. The Bertz CT molecular complexity index is 1080. The summed E-state index contributed by atoms with van der Waals surface area (Å²) in [6, 6.07) is 19.1. The van der Waals surface area contributed by atoms with Crippen LogP contribution < -0.4 is 10.1 Å². The number of anilines is 1. The monoisotopic (exact) mass is 424 g/mol. The Balaban J connectivity index is 1.65. The van der Waals surface area contributed by atoms with Crippen molar-refractivity contribution in [3.8, 4) is 5.75 Å². The van der Waals surface area contributed by atoms with Crippen LogP contribution in [0.15, 0.2) is 72.8 Å². The first-order valence-electron chi connectivity index (χ1n) is 8.96. The van der Waals surface area contributed by atoms with Crippen LogP contribution in [0.25, 0.3) is 0 Å². The van der Waals surface area contributed by atoms with Gasteiger partial charge in [0.15, 0.2) is 11.9 Å². The predicted molar refractivity (Wildman–Crippen MR) is 113 cm³/mol. The number of nitro groups is 1. The highest BCUT2D eigenvalue weighted by molar-refractivity contribution is 6.33. The van der Waals surface area contributed by atoms with Crippen LogP contribution in [-0.4, -0.2) is 22.7 Å². The third kappa shape index (κ3) is 5.01. The molecule has 0 fully saturated rings. The zero-order valence-electron chi connectivity index (χ0n) is 15.9. The van der Waals surface area contributed by atoms with Crippen molar-refractivity contribution in [3.63, 3.8) is 0 Å². The van der Waals surface area contributed by atoms with Crippen molar-refractivity contribution in [1.82, 2.24) is 0 Å². The first kappa shape index (κ1) is 21.0. The van der Waals surface area contributed by atoms with Crippen LogP contribution in [0.1, 0.15) is 22.8 Å². The molecule has 0 aromatic heterocycles. The summed E-state index contributed by atoms with van der Waals surface area (Å²) in [6.45, 7) is 1.53. The summed E-state index contributed by atoms with van der Waals surface area (Å²) in [7, 11) is 0. The van der Waals surface area contributed by atoms with E-state index in [0.29, 0.717) is 16.9 Å². The topological polar surface area (TPSA) is 98.5 Å². The maximum atomic E-state index is 12.4. The highest BCUT2D eigenvalue weighted by Crippen LogP contribution is 2.27. The zero-order chi connectivity index (χ0) is 21.7. The Morgan fingerprint density at radius 1 is 1.00 bits per heavy atom. The normalized spacial score (nSPS) is 11.4. The number of ether oxygens (including phenoxy) is 1. The fourth-order valence-electron chi connectivity index (χ4n) is 2.66. The van der Waals surface area contributed by atoms with Crippen LogP contribution in [0.2, 0.25) is 5.02 Å². The molecule has 0 spiro atoms. The van der Waals surface area contributed by atoms with Gasteiger partial charge < -0.3 is 10.1 Å². The molecule has 0 aliphatic carbocycles. The molecule has 0 aliphatic rings. The Morgan fingerprint density at radius 2 is 1.63 bits per heavy atom. The van der Waals surface area contributed by atoms with Crippen LogP contribution in [0.4, 0.5) is 11.4 Å². The van der Waals surface area contributed by atoms with Crippen molar-refractivity contribution in [1.29, 1.82) is 0 Å². The fraction of sp³-hybridized carbons (Fsp3) is 0.0909. The Hall–Kier alpha value is -3.71. The van der Waals surface area contributed by atoms with Crippen molar-refractivity contribution in [2.75, 3.05) is 5.32 Å². The van der Waals surface area contributed by atoms with E-state index in [-0.39, 0.29) is 22.2 Å². The van der Waals surface area contributed by atoms with E-state index >= 15 is 0 Å². The molecular weight excluding hydrogens is 408 g/mol. The molecule has 1 atom stereocenters. The van der Waals surface area contributed by atoms with Gasteiger partial charge in [-0.15, -0.1) is 0 Å². The number of ketones is 1. The molecule has 3 aromatic rings. The van der Waals surface area contributed by atoms with Gasteiger partial charge in [0.2, 0.25) is 0 Å². The number of rotatable bonds is 7. The fourth-order valence-corrected chi connectivity index (χ4v) is 2.82. The van der Waals surface area contributed by atoms with Crippen LogP contribution in [0.5, 0.6) is 5.75 Å². The number of nitro benzene ring substituents is 1. The van der Waals surface area contributed by atoms with Gasteiger partial charge >= 0.3 is 0 Å². The lowest BCUT2D eigenvalue weighted by Crippen LogP contribution is -2.30. The van der Waals surface area contributed by atoms with E-state index < -0.39 is 16.9 Å². The van der Waals surface area contributed by atoms with Crippen molar-refractivity contribution >= 4 is 34.7 Å².